The van der Waals surface area contributed by atoms with Gasteiger partial charge >= 0.3 is 0 Å². The Hall–Kier alpha value is -1.49. The zero-order chi connectivity index (χ0) is 14.8. The van der Waals surface area contributed by atoms with Crippen molar-refractivity contribution in [3.8, 4) is 6.07 Å². The van der Waals surface area contributed by atoms with Gasteiger partial charge in [0.15, 0.2) is 0 Å². The first-order valence-corrected chi connectivity index (χ1v) is 7.83. The molecule has 1 aliphatic rings. The van der Waals surface area contributed by atoms with Gasteiger partial charge in [-0.2, -0.15) is 0 Å². The van der Waals surface area contributed by atoms with Gasteiger partial charge in [0, 0.05) is 5.92 Å². The number of nitrogens with zero attached hydrogens (tertiary/aromatic N) is 1. The van der Waals surface area contributed by atoms with E-state index in [1.807, 2.05) is 12.1 Å². The standard InChI is InChI=1S/C18H16Cl2N/c1-21-11-14-7-6-12-4-2-3-5-15(12)18(14)13-8-9-16(19)17(20)10-13/h2-5,8-10,14,18H,6-7H2,1H3/q+1/t14?,18-/m1/s1. The second-order valence-electron chi connectivity index (χ2n) is 5.35. The van der Waals surface area contributed by atoms with Crippen molar-refractivity contribution in [2.45, 2.75) is 18.8 Å². The first-order chi connectivity index (χ1) is 10.2. The van der Waals surface area contributed by atoms with E-state index in [1.165, 1.54) is 16.7 Å². The third kappa shape index (κ3) is 2.79. The van der Waals surface area contributed by atoms with E-state index in [0.717, 1.165) is 12.8 Å². The van der Waals surface area contributed by atoms with Gasteiger partial charge in [0.2, 0.25) is 0 Å². The molecule has 0 amide bonds. The third-order valence-corrected chi connectivity index (χ3v) is 4.85. The maximum Gasteiger partial charge on any atom is 0.276 e. The van der Waals surface area contributed by atoms with Crippen LogP contribution < -0.4 is 0 Å². The summed E-state index contributed by atoms with van der Waals surface area (Å²) in [7, 11) is 1.78. The van der Waals surface area contributed by atoms with Crippen LogP contribution in [-0.2, 0) is 6.42 Å². The Morgan fingerprint density at radius 2 is 1.90 bits per heavy atom. The summed E-state index contributed by atoms with van der Waals surface area (Å²) in [6, 6.07) is 17.8. The number of rotatable bonds is 1. The van der Waals surface area contributed by atoms with Crippen LogP contribution >= 0.6 is 23.2 Å². The molecule has 0 saturated carbocycles. The maximum atomic E-state index is 6.21. The summed E-state index contributed by atoms with van der Waals surface area (Å²) in [5.74, 6) is 0.524. The van der Waals surface area contributed by atoms with Crippen molar-refractivity contribution in [3.05, 3.63) is 74.0 Å². The van der Waals surface area contributed by atoms with Crippen LogP contribution in [0.3, 0.4) is 0 Å². The van der Waals surface area contributed by atoms with Crippen LogP contribution in [-0.4, -0.2) is 7.05 Å². The number of aryl methyl sites for hydroxylation is 1. The van der Waals surface area contributed by atoms with Crippen LogP contribution in [0.25, 0.3) is 4.85 Å². The summed E-state index contributed by atoms with van der Waals surface area (Å²) >= 11 is 12.3. The lowest BCUT2D eigenvalue weighted by atomic mass is 9.72. The Bertz CT molecular complexity index is 727. The molecule has 106 valence electrons. The van der Waals surface area contributed by atoms with Crippen molar-refractivity contribution >= 4 is 23.2 Å². The first-order valence-electron chi connectivity index (χ1n) is 7.08. The van der Waals surface area contributed by atoms with Crippen molar-refractivity contribution in [2.24, 2.45) is 5.92 Å². The molecular formula is C18H16Cl2N+. The minimum absolute atomic E-state index is 0.244. The van der Waals surface area contributed by atoms with Crippen LogP contribution in [0, 0.1) is 12.0 Å². The minimum Gasteiger partial charge on any atom is -0.0867 e. The van der Waals surface area contributed by atoms with Crippen LogP contribution in [0.15, 0.2) is 42.5 Å². The topological polar surface area (TPSA) is 4.36 Å². The van der Waals surface area contributed by atoms with Gasteiger partial charge in [-0.3, -0.25) is 0 Å². The fraction of sp³-hybridized carbons (Fsp3) is 0.278. The highest BCUT2D eigenvalue weighted by molar-refractivity contribution is 6.42. The zero-order valence-electron chi connectivity index (χ0n) is 11.8. The molecule has 21 heavy (non-hydrogen) atoms. The van der Waals surface area contributed by atoms with Gasteiger partial charge in [0.25, 0.3) is 13.1 Å². The smallest absolute Gasteiger partial charge is 0.0867 e. The van der Waals surface area contributed by atoms with Crippen molar-refractivity contribution in [3.63, 3.8) is 0 Å². The molecule has 0 radical (unpaired) electrons. The Kier molecular flexibility index (Phi) is 4.19. The molecule has 0 aliphatic heterocycles. The molecule has 1 aliphatic carbocycles. The minimum atomic E-state index is 0.244. The lowest BCUT2D eigenvalue weighted by molar-refractivity contribution is 0.508. The second-order valence-corrected chi connectivity index (χ2v) is 6.16. The molecule has 2 aromatic rings. The van der Waals surface area contributed by atoms with E-state index in [2.05, 4.69) is 41.2 Å². The predicted octanol–water partition coefficient (Wildman–Crippen LogP) is 5.65. The number of hydrogen-bond acceptors (Lipinski definition) is 0. The molecule has 0 spiro atoms. The highest BCUT2D eigenvalue weighted by atomic mass is 35.5. The van der Waals surface area contributed by atoms with E-state index in [0.29, 0.717) is 10.0 Å². The number of fused-ring (bicyclic) bond motifs is 1. The van der Waals surface area contributed by atoms with Crippen molar-refractivity contribution in [1.82, 2.24) is 0 Å². The highest BCUT2D eigenvalue weighted by Gasteiger charge is 2.33. The van der Waals surface area contributed by atoms with Crippen LogP contribution in [0.5, 0.6) is 0 Å². The molecule has 0 heterocycles. The lowest BCUT2D eigenvalue weighted by Gasteiger charge is -2.29. The van der Waals surface area contributed by atoms with Gasteiger partial charge in [0.05, 0.1) is 10.0 Å². The van der Waals surface area contributed by atoms with Crippen LogP contribution in [0.2, 0.25) is 10.0 Å². The number of hydrogen-bond donors (Lipinski definition) is 0. The second kappa shape index (κ2) is 6.10. The third-order valence-electron chi connectivity index (χ3n) is 4.11. The quantitative estimate of drug-likeness (QED) is 0.640. The Balaban J connectivity index is 2.13. The molecule has 2 aromatic carbocycles. The fourth-order valence-corrected chi connectivity index (χ4v) is 3.49. The lowest BCUT2D eigenvalue weighted by Crippen LogP contribution is -2.20. The van der Waals surface area contributed by atoms with Crippen molar-refractivity contribution in [1.29, 1.82) is 0 Å². The molecule has 3 heteroatoms. The van der Waals surface area contributed by atoms with E-state index in [9.17, 15) is 0 Å². The monoisotopic (exact) mass is 316 g/mol. The van der Waals surface area contributed by atoms with Gasteiger partial charge in [-0.05, 0) is 41.7 Å². The molecule has 0 N–H and O–H groups in total. The van der Waals surface area contributed by atoms with E-state index in [-0.39, 0.29) is 11.8 Å². The Morgan fingerprint density at radius 3 is 2.67 bits per heavy atom. The molecule has 1 nitrogen and oxygen atoms in total. The first kappa shape index (κ1) is 14.4. The Morgan fingerprint density at radius 1 is 1.10 bits per heavy atom. The average molecular weight is 317 g/mol. The number of benzene rings is 2. The molecule has 3 rings (SSSR count). The molecular weight excluding hydrogens is 301 g/mol. The molecule has 0 bridgehead atoms. The van der Waals surface area contributed by atoms with E-state index < -0.39 is 0 Å². The molecule has 2 atom stereocenters. The summed E-state index contributed by atoms with van der Waals surface area (Å²) in [4.78, 5) is 4.14. The summed E-state index contributed by atoms with van der Waals surface area (Å²) in [5.41, 5.74) is 3.93. The van der Waals surface area contributed by atoms with Gasteiger partial charge in [-0.15, -0.1) is 0 Å². The summed E-state index contributed by atoms with van der Waals surface area (Å²) in [6.07, 6.45) is 2.13. The Labute approximate surface area is 135 Å². The van der Waals surface area contributed by atoms with E-state index >= 15 is 0 Å². The molecule has 1 unspecified atom stereocenters. The summed E-state index contributed by atoms with van der Waals surface area (Å²) < 4.78 is 0. The van der Waals surface area contributed by atoms with Gasteiger partial charge in [0.1, 0.15) is 5.92 Å². The predicted molar refractivity (Wildman–Crippen MR) is 89.7 cm³/mol. The molecule has 0 saturated heterocycles. The molecule has 0 aromatic heterocycles. The maximum absolute atomic E-state index is 6.21. The fourth-order valence-electron chi connectivity index (χ4n) is 3.18. The van der Waals surface area contributed by atoms with Crippen molar-refractivity contribution < 1.29 is 0 Å². The highest BCUT2D eigenvalue weighted by Crippen LogP contribution is 2.41. The summed E-state index contributed by atoms with van der Waals surface area (Å²) in [5, 5.41) is 1.19. The van der Waals surface area contributed by atoms with Crippen molar-refractivity contribution in [2.75, 3.05) is 7.05 Å². The number of halogens is 2. The molecule has 0 fully saturated rings. The van der Waals surface area contributed by atoms with Crippen LogP contribution in [0.4, 0.5) is 0 Å². The largest absolute Gasteiger partial charge is 0.276 e. The van der Waals surface area contributed by atoms with E-state index in [4.69, 9.17) is 23.2 Å². The van der Waals surface area contributed by atoms with Gasteiger partial charge in [-0.1, -0.05) is 58.4 Å². The SMILES string of the molecule is C[N+]#CC1CCc2ccccc2[C@@H]1c1ccc(Cl)c(Cl)c1. The van der Waals surface area contributed by atoms with Gasteiger partial charge in [-0.25, -0.2) is 0 Å². The van der Waals surface area contributed by atoms with E-state index in [1.54, 1.807) is 7.05 Å². The zero-order valence-corrected chi connectivity index (χ0v) is 13.3. The average Bonchev–Trinajstić information content (AvgIpc) is 2.50. The summed E-state index contributed by atoms with van der Waals surface area (Å²) in [6.45, 7) is 0. The van der Waals surface area contributed by atoms with Gasteiger partial charge < -0.3 is 0 Å². The normalized spacial score (nSPS) is 20.3. The van der Waals surface area contributed by atoms with Crippen LogP contribution in [0.1, 0.15) is 29.0 Å².